The van der Waals surface area contributed by atoms with Crippen molar-refractivity contribution in [2.24, 2.45) is 5.10 Å². The van der Waals surface area contributed by atoms with Gasteiger partial charge < -0.3 is 9.64 Å². The molecule has 0 aliphatic carbocycles. The van der Waals surface area contributed by atoms with Gasteiger partial charge in [0.1, 0.15) is 5.71 Å². The lowest BCUT2D eigenvalue weighted by Crippen LogP contribution is -2.37. The van der Waals surface area contributed by atoms with E-state index in [1.54, 1.807) is 0 Å². The van der Waals surface area contributed by atoms with Crippen LogP contribution in [0.15, 0.2) is 71.0 Å². The summed E-state index contributed by atoms with van der Waals surface area (Å²) in [5.41, 5.74) is 4.06. The second-order valence-corrected chi connectivity index (χ2v) is 7.96. The third-order valence-corrected chi connectivity index (χ3v) is 6.21. The van der Waals surface area contributed by atoms with Crippen molar-refractivity contribution in [3.8, 4) is 0 Å². The van der Waals surface area contributed by atoms with Gasteiger partial charge in [-0.3, -0.25) is 4.79 Å². The number of carbonyl (C=O) groups is 1. The summed E-state index contributed by atoms with van der Waals surface area (Å²) >= 11 is 1.48. The Morgan fingerprint density at radius 2 is 1.76 bits per heavy atom. The lowest BCUT2D eigenvalue weighted by molar-refractivity contribution is -0.114. The van der Waals surface area contributed by atoms with Gasteiger partial charge in [-0.05, 0) is 19.1 Å². The molecule has 0 N–H and O–H groups in total. The number of fused-ring (bicyclic) bond motifs is 1. The van der Waals surface area contributed by atoms with E-state index in [4.69, 9.17) is 9.84 Å². The second-order valence-electron chi connectivity index (χ2n) is 6.96. The van der Waals surface area contributed by atoms with Crippen LogP contribution in [0.2, 0.25) is 0 Å². The molecule has 0 saturated carbocycles. The maximum absolute atomic E-state index is 13.5. The van der Waals surface area contributed by atoms with E-state index in [0.717, 1.165) is 34.6 Å². The van der Waals surface area contributed by atoms with Crippen molar-refractivity contribution in [1.29, 1.82) is 0 Å². The summed E-state index contributed by atoms with van der Waals surface area (Å²) in [5.74, 6) is -0.132. The van der Waals surface area contributed by atoms with Gasteiger partial charge in [-0.25, -0.2) is 4.98 Å². The third kappa shape index (κ3) is 3.22. The van der Waals surface area contributed by atoms with Crippen LogP contribution in [0.3, 0.4) is 0 Å². The van der Waals surface area contributed by atoms with Crippen LogP contribution in [0.5, 0.6) is 0 Å². The first-order valence-electron chi connectivity index (χ1n) is 9.60. The number of carbonyl (C=O) groups excluding carboxylic acids is 1. The lowest BCUT2D eigenvalue weighted by atomic mass is 10.0. The average Bonchev–Trinajstić information content (AvgIpc) is 3.35. The Labute approximate surface area is 172 Å². The minimum absolute atomic E-state index is 0.132. The van der Waals surface area contributed by atoms with Crippen molar-refractivity contribution in [2.45, 2.75) is 6.92 Å². The molecule has 2 aliphatic heterocycles. The highest BCUT2D eigenvalue weighted by molar-refractivity contribution is 7.22. The van der Waals surface area contributed by atoms with Crippen molar-refractivity contribution in [3.05, 3.63) is 71.4 Å². The third-order valence-electron chi connectivity index (χ3n) is 5.20. The highest BCUT2D eigenvalue weighted by Gasteiger charge is 2.36. The van der Waals surface area contributed by atoms with Crippen LogP contribution in [0.25, 0.3) is 10.2 Å². The molecule has 0 bridgehead atoms. The standard InChI is InChI=1S/C22H20N4O2S/c1-15(25-11-13-28-14-12-25)19-20(16-7-3-2-4-8-16)24-26(21(19)27)22-23-17-9-5-6-10-18(17)29-22/h2-10H,11-14H2,1H3/b19-15-. The van der Waals surface area contributed by atoms with E-state index in [0.29, 0.717) is 29.6 Å². The van der Waals surface area contributed by atoms with Crippen LogP contribution in [-0.4, -0.2) is 47.8 Å². The molecule has 3 aromatic rings. The molecule has 5 rings (SSSR count). The minimum Gasteiger partial charge on any atom is -0.378 e. The van der Waals surface area contributed by atoms with Crippen LogP contribution in [-0.2, 0) is 9.53 Å². The molecular formula is C22H20N4O2S. The number of hydrazone groups is 1. The fraction of sp³-hybridized carbons (Fsp3) is 0.227. The Balaban J connectivity index is 1.62. The number of benzene rings is 2. The lowest BCUT2D eigenvalue weighted by Gasteiger charge is -2.30. The number of rotatable bonds is 3. The fourth-order valence-corrected chi connectivity index (χ4v) is 4.58. The van der Waals surface area contributed by atoms with Crippen LogP contribution in [0, 0.1) is 0 Å². The van der Waals surface area contributed by atoms with Crippen LogP contribution >= 0.6 is 11.3 Å². The topological polar surface area (TPSA) is 58.0 Å². The largest absolute Gasteiger partial charge is 0.378 e. The number of allylic oxidation sites excluding steroid dienone is 1. The molecule has 1 amide bonds. The Morgan fingerprint density at radius 3 is 2.52 bits per heavy atom. The van der Waals surface area contributed by atoms with Gasteiger partial charge in [-0.2, -0.15) is 10.1 Å². The van der Waals surface area contributed by atoms with Crippen LogP contribution in [0.1, 0.15) is 12.5 Å². The summed E-state index contributed by atoms with van der Waals surface area (Å²) in [6.07, 6.45) is 0. The van der Waals surface area contributed by atoms with Crippen molar-refractivity contribution in [2.75, 3.05) is 31.3 Å². The average molecular weight is 404 g/mol. The molecule has 1 saturated heterocycles. The summed E-state index contributed by atoms with van der Waals surface area (Å²) in [7, 11) is 0. The van der Waals surface area contributed by atoms with Gasteiger partial charge in [0.2, 0.25) is 5.13 Å². The van der Waals surface area contributed by atoms with E-state index in [9.17, 15) is 4.79 Å². The number of aromatic nitrogens is 1. The Kier molecular flexibility index (Phi) is 4.61. The molecule has 3 heterocycles. The summed E-state index contributed by atoms with van der Waals surface area (Å²) in [6.45, 7) is 4.87. The number of ether oxygens (including phenoxy) is 1. The first kappa shape index (κ1) is 18.0. The number of hydrogen-bond donors (Lipinski definition) is 0. The van der Waals surface area contributed by atoms with E-state index in [1.807, 2.05) is 61.5 Å². The summed E-state index contributed by atoms with van der Waals surface area (Å²) in [4.78, 5) is 20.4. The fourth-order valence-electron chi connectivity index (χ4n) is 3.66. The monoisotopic (exact) mass is 404 g/mol. The van der Waals surface area contributed by atoms with E-state index >= 15 is 0 Å². The quantitative estimate of drug-likeness (QED) is 0.625. The van der Waals surface area contributed by atoms with Gasteiger partial charge in [0.25, 0.3) is 5.91 Å². The van der Waals surface area contributed by atoms with Gasteiger partial charge in [0.05, 0.1) is 29.0 Å². The van der Waals surface area contributed by atoms with E-state index in [-0.39, 0.29) is 5.91 Å². The number of hydrogen-bond acceptors (Lipinski definition) is 6. The number of amides is 1. The highest BCUT2D eigenvalue weighted by atomic mass is 32.1. The molecule has 1 fully saturated rings. The SMILES string of the molecule is C/C(=C1/C(=O)N(c2nc3ccccc3s2)N=C1c1ccccc1)N1CCOCC1. The molecule has 0 unspecified atom stereocenters. The first-order valence-corrected chi connectivity index (χ1v) is 10.4. The van der Waals surface area contributed by atoms with Gasteiger partial charge in [-0.1, -0.05) is 53.8 Å². The predicted octanol–water partition coefficient (Wildman–Crippen LogP) is 3.65. The maximum atomic E-state index is 13.5. The number of nitrogens with zero attached hydrogens (tertiary/aromatic N) is 4. The first-order chi connectivity index (χ1) is 14.2. The zero-order chi connectivity index (χ0) is 19.8. The minimum atomic E-state index is -0.132. The van der Waals surface area contributed by atoms with Crippen molar-refractivity contribution in [1.82, 2.24) is 9.88 Å². The molecule has 0 atom stereocenters. The molecule has 6 nitrogen and oxygen atoms in total. The number of thiazole rings is 1. The Bertz CT molecular complexity index is 1100. The Hall–Kier alpha value is -3.03. The van der Waals surface area contributed by atoms with Gasteiger partial charge in [0.15, 0.2) is 0 Å². The molecular weight excluding hydrogens is 384 g/mol. The molecule has 7 heteroatoms. The van der Waals surface area contributed by atoms with Crippen LogP contribution in [0.4, 0.5) is 5.13 Å². The molecule has 2 aliphatic rings. The summed E-state index contributed by atoms with van der Waals surface area (Å²) in [6, 6.07) is 17.7. The van der Waals surface area contributed by atoms with Gasteiger partial charge >= 0.3 is 0 Å². The molecule has 0 radical (unpaired) electrons. The smallest absolute Gasteiger partial charge is 0.284 e. The zero-order valence-corrected chi connectivity index (χ0v) is 16.9. The van der Waals surface area contributed by atoms with E-state index in [1.165, 1.54) is 16.3 Å². The number of para-hydroxylation sites is 1. The van der Waals surface area contributed by atoms with Gasteiger partial charge in [-0.15, -0.1) is 0 Å². The maximum Gasteiger partial charge on any atom is 0.284 e. The predicted molar refractivity (Wildman–Crippen MR) is 115 cm³/mol. The molecule has 2 aromatic carbocycles. The van der Waals surface area contributed by atoms with Crippen molar-refractivity contribution < 1.29 is 9.53 Å². The van der Waals surface area contributed by atoms with Crippen LogP contribution < -0.4 is 5.01 Å². The highest BCUT2D eigenvalue weighted by Crippen LogP contribution is 2.34. The number of morpholine rings is 1. The molecule has 29 heavy (non-hydrogen) atoms. The zero-order valence-electron chi connectivity index (χ0n) is 16.0. The van der Waals surface area contributed by atoms with E-state index in [2.05, 4.69) is 9.88 Å². The van der Waals surface area contributed by atoms with Gasteiger partial charge in [0, 0.05) is 24.4 Å². The normalized spacial score (nSPS) is 19.1. The van der Waals surface area contributed by atoms with E-state index < -0.39 is 0 Å². The van der Waals surface area contributed by atoms with Crippen molar-refractivity contribution in [3.63, 3.8) is 0 Å². The molecule has 146 valence electrons. The Morgan fingerprint density at radius 1 is 1.03 bits per heavy atom. The van der Waals surface area contributed by atoms with Crippen molar-refractivity contribution >= 4 is 38.3 Å². The summed E-state index contributed by atoms with van der Waals surface area (Å²) in [5, 5.41) is 6.78. The summed E-state index contributed by atoms with van der Waals surface area (Å²) < 4.78 is 6.51. The second kappa shape index (κ2) is 7.42. The number of anilines is 1. The molecule has 1 aromatic heterocycles. The molecule has 0 spiro atoms.